The molecule has 8 heteroatoms. The molecule has 1 atom stereocenters. The summed E-state index contributed by atoms with van der Waals surface area (Å²) in [7, 11) is 0. The average Bonchev–Trinajstić information content (AvgIpc) is 2.93. The summed E-state index contributed by atoms with van der Waals surface area (Å²) in [4.78, 5) is 40.1. The number of carbonyl (C=O) groups excluding carboxylic acids is 3. The van der Waals surface area contributed by atoms with Crippen LogP contribution in [-0.2, 0) is 34.0 Å². The van der Waals surface area contributed by atoms with Gasteiger partial charge in [0.2, 0.25) is 11.8 Å². The van der Waals surface area contributed by atoms with Crippen LogP contribution in [0.3, 0.4) is 0 Å². The van der Waals surface area contributed by atoms with E-state index in [4.69, 9.17) is 19.9 Å². The second kappa shape index (κ2) is 8.09. The van der Waals surface area contributed by atoms with Crippen molar-refractivity contribution in [3.05, 3.63) is 52.6 Å². The number of anilines is 1. The van der Waals surface area contributed by atoms with Crippen molar-refractivity contribution < 1.29 is 28.6 Å². The fourth-order valence-electron chi connectivity index (χ4n) is 3.96. The van der Waals surface area contributed by atoms with Gasteiger partial charge in [-0.05, 0) is 40.2 Å². The second-order valence-corrected chi connectivity index (χ2v) is 8.36. The summed E-state index contributed by atoms with van der Waals surface area (Å²) in [5, 5.41) is 2.78. The van der Waals surface area contributed by atoms with Crippen LogP contribution in [0.4, 0.5) is 5.69 Å². The largest absolute Gasteiger partial charge is 0.462 e. The molecule has 0 bridgehead atoms. The quantitative estimate of drug-likeness (QED) is 0.692. The molecule has 0 saturated carbocycles. The summed E-state index contributed by atoms with van der Waals surface area (Å²) in [6.07, 6.45) is 0.945. The van der Waals surface area contributed by atoms with E-state index in [1.54, 1.807) is 52.0 Å². The molecule has 2 heterocycles. The Morgan fingerprint density at radius 1 is 1.13 bits per heavy atom. The molecule has 1 spiro atoms. The van der Waals surface area contributed by atoms with Crippen LogP contribution >= 0.6 is 0 Å². The molecule has 2 aliphatic heterocycles. The number of hydrogen-bond acceptors (Lipinski definition) is 7. The number of benzene rings is 1. The molecule has 166 valence electrons. The van der Waals surface area contributed by atoms with E-state index in [0.29, 0.717) is 24.1 Å². The highest BCUT2D eigenvalue weighted by Gasteiger charge is 2.62. The van der Waals surface area contributed by atoms with Gasteiger partial charge < -0.3 is 25.3 Å². The number of hydrogen-bond donors (Lipinski definition) is 2. The standard InChI is InChI=1S/C23H28N2O6/c1-6-10-15-16(19(26)29-7-2)23(13-11-8-9-12-14(13)25-21(23)28)17(18(24)30-15)20(27)31-22(3,4)5/h8-9,11-12H,6-7,10,24H2,1-5H3,(H,25,28). The Morgan fingerprint density at radius 3 is 2.42 bits per heavy atom. The maximum Gasteiger partial charge on any atom is 0.341 e. The van der Waals surface area contributed by atoms with Gasteiger partial charge in [0.25, 0.3) is 0 Å². The van der Waals surface area contributed by atoms with E-state index in [0.717, 1.165) is 0 Å². The van der Waals surface area contributed by atoms with E-state index in [9.17, 15) is 14.4 Å². The molecule has 1 aromatic rings. The van der Waals surface area contributed by atoms with Crippen LogP contribution in [0.5, 0.6) is 0 Å². The lowest BCUT2D eigenvalue weighted by Gasteiger charge is -2.37. The zero-order chi connectivity index (χ0) is 23.0. The molecular weight excluding hydrogens is 400 g/mol. The van der Waals surface area contributed by atoms with Gasteiger partial charge in [-0.15, -0.1) is 0 Å². The molecule has 1 amide bonds. The molecule has 3 rings (SSSR count). The highest BCUT2D eigenvalue weighted by atomic mass is 16.6. The van der Waals surface area contributed by atoms with Crippen molar-refractivity contribution in [2.75, 3.05) is 11.9 Å². The molecule has 0 aliphatic carbocycles. The molecule has 1 unspecified atom stereocenters. The zero-order valence-electron chi connectivity index (χ0n) is 18.5. The first-order valence-corrected chi connectivity index (χ1v) is 10.3. The summed E-state index contributed by atoms with van der Waals surface area (Å²) in [5.41, 5.74) is 4.14. The zero-order valence-corrected chi connectivity index (χ0v) is 18.5. The molecule has 2 aliphatic rings. The number of rotatable bonds is 5. The Morgan fingerprint density at radius 2 is 1.81 bits per heavy atom. The van der Waals surface area contributed by atoms with Crippen LogP contribution in [-0.4, -0.2) is 30.1 Å². The van der Waals surface area contributed by atoms with Crippen molar-refractivity contribution in [3.8, 4) is 0 Å². The smallest absolute Gasteiger partial charge is 0.341 e. The van der Waals surface area contributed by atoms with Crippen LogP contribution < -0.4 is 11.1 Å². The lowest BCUT2D eigenvalue weighted by Crippen LogP contribution is -2.49. The maximum atomic E-state index is 13.6. The number of ether oxygens (including phenoxy) is 3. The Kier molecular flexibility index (Phi) is 5.85. The van der Waals surface area contributed by atoms with Gasteiger partial charge in [0, 0.05) is 17.7 Å². The summed E-state index contributed by atoms with van der Waals surface area (Å²) in [6.45, 7) is 8.75. The molecule has 31 heavy (non-hydrogen) atoms. The van der Waals surface area contributed by atoms with Gasteiger partial charge in [0.05, 0.1) is 6.61 Å². The molecule has 1 aromatic carbocycles. The number of nitrogens with two attached hydrogens (primary N) is 1. The van der Waals surface area contributed by atoms with Gasteiger partial charge in [0.1, 0.15) is 27.9 Å². The van der Waals surface area contributed by atoms with Crippen LogP contribution in [0, 0.1) is 0 Å². The first-order valence-electron chi connectivity index (χ1n) is 10.3. The number of para-hydroxylation sites is 1. The predicted octanol–water partition coefficient (Wildman–Crippen LogP) is 3.04. The highest BCUT2D eigenvalue weighted by molar-refractivity contribution is 6.21. The van der Waals surface area contributed by atoms with Crippen molar-refractivity contribution in [2.45, 2.75) is 58.5 Å². The minimum absolute atomic E-state index is 0.0475. The molecule has 0 fully saturated rings. The number of allylic oxidation sites excluding steroid dienone is 1. The molecule has 0 radical (unpaired) electrons. The molecule has 3 N–H and O–H groups in total. The Labute approximate surface area is 181 Å². The van der Waals surface area contributed by atoms with Crippen molar-refractivity contribution >= 4 is 23.5 Å². The van der Waals surface area contributed by atoms with Gasteiger partial charge in [-0.25, -0.2) is 9.59 Å². The topological polar surface area (TPSA) is 117 Å². The van der Waals surface area contributed by atoms with Crippen molar-refractivity contribution in [1.29, 1.82) is 0 Å². The Hall–Kier alpha value is -3.29. The summed E-state index contributed by atoms with van der Waals surface area (Å²) in [6, 6.07) is 6.85. The van der Waals surface area contributed by atoms with E-state index in [2.05, 4.69) is 5.32 Å². The van der Waals surface area contributed by atoms with E-state index in [-0.39, 0.29) is 29.4 Å². The highest BCUT2D eigenvalue weighted by Crippen LogP contribution is 2.53. The van der Waals surface area contributed by atoms with Crippen molar-refractivity contribution in [2.24, 2.45) is 5.73 Å². The summed E-state index contributed by atoms with van der Waals surface area (Å²) in [5.74, 6) is -2.23. The lowest BCUT2D eigenvalue weighted by molar-refractivity contribution is -0.152. The SMILES string of the molecule is CCCC1=C(C(=O)OCC)C2(C(=O)Nc3ccccc32)C(C(=O)OC(C)(C)C)=C(N)O1. The fourth-order valence-corrected chi connectivity index (χ4v) is 3.96. The van der Waals surface area contributed by atoms with Gasteiger partial charge in [-0.2, -0.15) is 0 Å². The third-order valence-electron chi connectivity index (χ3n) is 4.99. The third kappa shape index (κ3) is 3.66. The normalized spacial score (nSPS) is 20.4. The van der Waals surface area contributed by atoms with Gasteiger partial charge in [0.15, 0.2) is 0 Å². The number of esters is 2. The van der Waals surface area contributed by atoms with Crippen LogP contribution in [0.2, 0.25) is 0 Å². The number of nitrogens with one attached hydrogen (secondary N) is 1. The number of amides is 1. The predicted molar refractivity (Wildman–Crippen MR) is 113 cm³/mol. The second-order valence-electron chi connectivity index (χ2n) is 8.36. The monoisotopic (exact) mass is 428 g/mol. The fraction of sp³-hybridized carbons (Fsp3) is 0.435. The van der Waals surface area contributed by atoms with Gasteiger partial charge in [-0.1, -0.05) is 25.1 Å². The number of carbonyl (C=O) groups is 3. The van der Waals surface area contributed by atoms with E-state index < -0.39 is 28.9 Å². The Bertz CT molecular complexity index is 1000. The van der Waals surface area contributed by atoms with Crippen molar-refractivity contribution in [1.82, 2.24) is 0 Å². The lowest BCUT2D eigenvalue weighted by atomic mass is 9.67. The summed E-state index contributed by atoms with van der Waals surface area (Å²) >= 11 is 0. The molecule has 0 saturated heterocycles. The van der Waals surface area contributed by atoms with E-state index in [1.807, 2.05) is 6.92 Å². The molecule has 8 nitrogen and oxygen atoms in total. The van der Waals surface area contributed by atoms with E-state index >= 15 is 0 Å². The van der Waals surface area contributed by atoms with E-state index in [1.165, 1.54) is 0 Å². The van der Waals surface area contributed by atoms with Gasteiger partial charge >= 0.3 is 11.9 Å². The van der Waals surface area contributed by atoms with Crippen molar-refractivity contribution in [3.63, 3.8) is 0 Å². The van der Waals surface area contributed by atoms with Crippen LogP contribution in [0.15, 0.2) is 47.1 Å². The molecular formula is C23H28N2O6. The third-order valence-corrected chi connectivity index (χ3v) is 4.99. The summed E-state index contributed by atoms with van der Waals surface area (Å²) < 4.78 is 16.6. The average molecular weight is 428 g/mol. The van der Waals surface area contributed by atoms with Crippen LogP contribution in [0.1, 0.15) is 53.0 Å². The number of fused-ring (bicyclic) bond motifs is 2. The Balaban J connectivity index is 2.38. The molecule has 0 aromatic heterocycles. The first-order chi connectivity index (χ1) is 14.6. The minimum Gasteiger partial charge on any atom is -0.462 e. The maximum absolute atomic E-state index is 13.6. The van der Waals surface area contributed by atoms with Crippen LogP contribution in [0.25, 0.3) is 0 Å². The first kappa shape index (κ1) is 22.4. The van der Waals surface area contributed by atoms with Gasteiger partial charge in [-0.3, -0.25) is 4.79 Å². The minimum atomic E-state index is -1.84.